The molecule has 0 aliphatic heterocycles. The van der Waals surface area contributed by atoms with Crippen molar-refractivity contribution in [3.05, 3.63) is 29.1 Å². The second-order valence-electron chi connectivity index (χ2n) is 11.0. The number of unbranched alkanes of at least 4 members (excludes halogenated alkanes) is 3. The number of carbonyl (C=O) groups excluding carboxylic acids is 1. The van der Waals surface area contributed by atoms with Gasteiger partial charge in [0.25, 0.3) is 0 Å². The van der Waals surface area contributed by atoms with Crippen LogP contribution in [0.25, 0.3) is 0 Å². The Kier molecular flexibility index (Phi) is 34.9. The number of rotatable bonds is 40. The highest BCUT2D eigenvalue weighted by molar-refractivity contribution is 14.1. The highest BCUT2D eigenvalue weighted by Crippen LogP contribution is 2.29. The van der Waals surface area contributed by atoms with Crippen LogP contribution in [0.15, 0.2) is 0 Å². The van der Waals surface area contributed by atoms with Crippen LogP contribution in [0.4, 0.5) is 22.0 Å². The van der Waals surface area contributed by atoms with Crippen LogP contribution in [0, 0.1) is 29.1 Å². The van der Waals surface area contributed by atoms with Gasteiger partial charge in [-0.15, -0.1) is 0 Å². The first-order chi connectivity index (χ1) is 26.4. The van der Waals surface area contributed by atoms with Gasteiger partial charge in [0.1, 0.15) is 0 Å². The lowest BCUT2D eigenvalue weighted by molar-refractivity contribution is -0.136. The molecule has 1 rings (SSSR count). The summed E-state index contributed by atoms with van der Waals surface area (Å²) in [5.74, 6) is -14.1. The average molecular weight is 907 g/mol. The molecule has 0 saturated carbocycles. The Balaban J connectivity index is 1.71. The van der Waals surface area contributed by atoms with Gasteiger partial charge < -0.3 is 56.8 Å². The predicted octanol–water partition coefficient (Wildman–Crippen LogP) is 4.86. The molecule has 0 unspecified atom stereocenters. The van der Waals surface area contributed by atoms with Gasteiger partial charge in [0.05, 0.1) is 145 Å². The molecule has 316 valence electrons. The van der Waals surface area contributed by atoms with E-state index < -0.39 is 47.2 Å². The Morgan fingerprint density at radius 2 is 0.611 bits per heavy atom. The van der Waals surface area contributed by atoms with Gasteiger partial charge in [-0.3, -0.25) is 4.79 Å². The molecule has 0 spiro atoms. The lowest BCUT2D eigenvalue weighted by Crippen LogP contribution is -2.16. The van der Waals surface area contributed by atoms with E-state index in [9.17, 15) is 26.7 Å². The van der Waals surface area contributed by atoms with Gasteiger partial charge in [-0.05, 0) is 17.3 Å². The Morgan fingerprint density at radius 1 is 0.352 bits per heavy atom. The van der Waals surface area contributed by atoms with Crippen molar-refractivity contribution in [1.82, 2.24) is 0 Å². The zero-order chi connectivity index (χ0) is 39.3. The summed E-state index contributed by atoms with van der Waals surface area (Å²) >= 11 is 2.40. The Labute approximate surface area is 328 Å². The monoisotopic (exact) mass is 906 g/mol. The van der Waals surface area contributed by atoms with Gasteiger partial charge in [-0.25, -0.2) is 13.2 Å². The van der Waals surface area contributed by atoms with Crippen LogP contribution in [-0.4, -0.2) is 156 Å². The molecule has 13 nitrogen and oxygen atoms in total. The van der Waals surface area contributed by atoms with Crippen LogP contribution >= 0.6 is 22.6 Å². The zero-order valence-electron chi connectivity index (χ0n) is 30.9. The fraction of sp³-hybridized carbons (Fsp3) is 0.800. The lowest BCUT2D eigenvalue weighted by atomic mass is 10.2. The van der Waals surface area contributed by atoms with Crippen LogP contribution in [0.1, 0.15) is 32.1 Å². The molecule has 19 heteroatoms. The summed E-state index contributed by atoms with van der Waals surface area (Å²) in [6.45, 7) is 8.98. The minimum absolute atomic E-state index is 0.0815. The fourth-order valence-electron chi connectivity index (χ4n) is 3.95. The van der Waals surface area contributed by atoms with Crippen molar-refractivity contribution in [3.63, 3.8) is 0 Å². The van der Waals surface area contributed by atoms with Gasteiger partial charge in [-0.1, -0.05) is 35.4 Å². The van der Waals surface area contributed by atoms with Crippen molar-refractivity contribution in [3.8, 4) is 5.75 Å². The molecule has 1 aromatic carbocycles. The number of hydrogen-bond donors (Lipinski definition) is 0. The summed E-state index contributed by atoms with van der Waals surface area (Å²) in [6.07, 6.45) is 4.41. The van der Waals surface area contributed by atoms with Crippen molar-refractivity contribution < 1.29 is 83.6 Å². The van der Waals surface area contributed by atoms with Gasteiger partial charge >= 0.3 is 5.97 Å². The molecule has 0 saturated heterocycles. The van der Waals surface area contributed by atoms with Crippen molar-refractivity contribution in [2.75, 3.05) is 150 Å². The number of carbonyl (C=O) groups is 1. The van der Waals surface area contributed by atoms with E-state index >= 15 is 0 Å². The number of ether oxygens (including phenoxy) is 12. The van der Waals surface area contributed by atoms with Gasteiger partial charge in [0.15, 0.2) is 0 Å². The van der Waals surface area contributed by atoms with E-state index in [2.05, 4.69) is 27.3 Å². The minimum Gasteiger partial charge on any atom is -0.420 e. The van der Waals surface area contributed by atoms with Crippen LogP contribution in [0.5, 0.6) is 5.75 Å². The van der Waals surface area contributed by atoms with E-state index in [0.717, 1.165) is 13.0 Å². The quantitative estimate of drug-likeness (QED) is 0.0130. The van der Waals surface area contributed by atoms with Crippen LogP contribution < -0.4 is 4.74 Å². The van der Waals surface area contributed by atoms with Gasteiger partial charge in [-0.2, -0.15) is 8.78 Å². The highest BCUT2D eigenvalue weighted by atomic mass is 127. The van der Waals surface area contributed by atoms with E-state index in [1.54, 1.807) is 0 Å². The summed E-state index contributed by atoms with van der Waals surface area (Å²) in [4.78, 5) is 11.7. The maximum atomic E-state index is 13.5. The second kappa shape index (κ2) is 37.2. The summed E-state index contributed by atoms with van der Waals surface area (Å²) in [6, 6.07) is 0. The van der Waals surface area contributed by atoms with Crippen LogP contribution in [0.3, 0.4) is 0 Å². The highest BCUT2D eigenvalue weighted by Gasteiger charge is 2.28. The fourth-order valence-corrected chi connectivity index (χ4v) is 4.49. The van der Waals surface area contributed by atoms with Crippen LogP contribution in [-0.2, 0) is 56.9 Å². The smallest absolute Gasteiger partial charge is 0.313 e. The molecule has 1 aromatic rings. The Morgan fingerprint density at radius 3 is 0.926 bits per heavy atom. The number of hydrogen-bond acceptors (Lipinski definition) is 13. The minimum atomic E-state index is -2.35. The van der Waals surface area contributed by atoms with Crippen LogP contribution in [0.2, 0.25) is 0 Å². The first kappa shape index (κ1) is 50.6. The van der Waals surface area contributed by atoms with Crippen molar-refractivity contribution in [2.45, 2.75) is 32.1 Å². The first-order valence-electron chi connectivity index (χ1n) is 18.0. The number of halogens is 6. The number of esters is 1. The average Bonchev–Trinajstić information content (AvgIpc) is 3.17. The maximum Gasteiger partial charge on any atom is 0.313 e. The summed E-state index contributed by atoms with van der Waals surface area (Å²) in [5, 5.41) is 0. The molecule has 0 amide bonds. The lowest BCUT2D eigenvalue weighted by Gasteiger charge is -2.09. The number of benzene rings is 1. The zero-order valence-corrected chi connectivity index (χ0v) is 33.0. The third kappa shape index (κ3) is 28.1. The van der Waals surface area contributed by atoms with E-state index in [-0.39, 0.29) is 26.4 Å². The topological polar surface area (TPSA) is 128 Å². The standard InChI is InChI=1S/C35H56F5IO13/c36-30-31(37)33(39)35(34(40)32(30)38)54-29(42)5-8-44-10-12-46-14-16-48-18-20-50-22-24-52-26-28-53-27-25-51-23-21-49-19-17-47-15-13-45-11-9-43-7-4-2-1-3-6-41/h1-28H2. The van der Waals surface area contributed by atoms with Crippen molar-refractivity contribution in [1.29, 1.82) is 0 Å². The molecule has 0 radical (unpaired) electrons. The summed E-state index contributed by atoms with van der Waals surface area (Å²) in [7, 11) is 0. The molecular formula is C35H56F5IO13. The molecule has 0 atom stereocenters. The van der Waals surface area contributed by atoms with E-state index in [4.69, 9.17) is 52.1 Å². The summed E-state index contributed by atoms with van der Waals surface area (Å²) < 4.78 is 131. The third-order valence-electron chi connectivity index (χ3n) is 6.73. The molecule has 54 heavy (non-hydrogen) atoms. The van der Waals surface area contributed by atoms with Gasteiger partial charge in [0, 0.05) is 6.61 Å². The van der Waals surface area contributed by atoms with E-state index in [1.807, 2.05) is 0 Å². The molecule has 0 bridgehead atoms. The van der Waals surface area contributed by atoms with E-state index in [1.165, 1.54) is 23.7 Å². The van der Waals surface area contributed by atoms with Crippen molar-refractivity contribution in [2.24, 2.45) is 0 Å². The largest absolute Gasteiger partial charge is 0.420 e. The maximum absolute atomic E-state index is 13.5. The Bertz CT molecular complexity index is 1020. The summed E-state index contributed by atoms with van der Waals surface area (Å²) in [5.41, 5.74) is 0. The molecule has 0 aromatic heterocycles. The number of alkyl halides is 1. The molecule has 0 heterocycles. The van der Waals surface area contributed by atoms with Crippen molar-refractivity contribution >= 4 is 28.6 Å². The third-order valence-corrected chi connectivity index (χ3v) is 7.49. The van der Waals surface area contributed by atoms with E-state index in [0.29, 0.717) is 112 Å². The van der Waals surface area contributed by atoms with Gasteiger partial charge in [0.2, 0.25) is 34.8 Å². The predicted molar refractivity (Wildman–Crippen MR) is 193 cm³/mol. The SMILES string of the molecule is O=C(CCOCCOCCOCCOCCOCCOCCOCCOCCOCCOCCOCCCCCCI)Oc1c(F)c(F)c(F)c(F)c1F. The Hall–Kier alpha value is -1.37. The normalized spacial score (nSPS) is 11.5. The molecule has 0 aliphatic rings. The molecule has 0 N–H and O–H groups in total. The first-order valence-corrected chi connectivity index (χ1v) is 19.6. The molecule has 0 aliphatic carbocycles. The second-order valence-corrected chi connectivity index (χ2v) is 12.0. The molecular weight excluding hydrogens is 850 g/mol. The molecule has 0 fully saturated rings.